The summed E-state index contributed by atoms with van der Waals surface area (Å²) in [4.78, 5) is 11.5. The molecule has 0 aromatic rings. The van der Waals surface area contributed by atoms with Crippen molar-refractivity contribution in [1.29, 1.82) is 0 Å². The van der Waals surface area contributed by atoms with Crippen LogP contribution in [-0.4, -0.2) is 24.5 Å². The molecule has 0 saturated heterocycles. The molecule has 2 N–H and O–H groups in total. The summed E-state index contributed by atoms with van der Waals surface area (Å²) in [5, 5.41) is 6.24. The van der Waals surface area contributed by atoms with Crippen molar-refractivity contribution < 1.29 is 4.79 Å². The van der Waals surface area contributed by atoms with Crippen molar-refractivity contribution in [1.82, 2.24) is 10.6 Å². The SMILES string of the molecule is CCC(C)(C)NC(=O)CNCC1CCC1. The van der Waals surface area contributed by atoms with Crippen LogP contribution < -0.4 is 10.6 Å². The monoisotopic (exact) mass is 212 g/mol. The number of carbonyl (C=O) groups excluding carboxylic acids is 1. The topological polar surface area (TPSA) is 41.1 Å². The molecule has 1 aliphatic carbocycles. The molecule has 1 rings (SSSR count). The molecule has 0 aromatic carbocycles. The van der Waals surface area contributed by atoms with Crippen molar-refractivity contribution in [2.24, 2.45) is 5.92 Å². The van der Waals surface area contributed by atoms with Gasteiger partial charge in [0.1, 0.15) is 0 Å². The first-order valence-electron chi connectivity index (χ1n) is 6.05. The van der Waals surface area contributed by atoms with Gasteiger partial charge in [-0.2, -0.15) is 0 Å². The van der Waals surface area contributed by atoms with Gasteiger partial charge in [-0.05, 0) is 45.6 Å². The number of rotatable bonds is 6. The van der Waals surface area contributed by atoms with Gasteiger partial charge in [0.05, 0.1) is 6.54 Å². The average Bonchev–Trinajstić information content (AvgIpc) is 2.09. The summed E-state index contributed by atoms with van der Waals surface area (Å²) in [6.45, 7) is 7.65. The van der Waals surface area contributed by atoms with Crippen LogP contribution in [0.4, 0.5) is 0 Å². The Labute approximate surface area is 93.0 Å². The average molecular weight is 212 g/mol. The van der Waals surface area contributed by atoms with Crippen LogP contribution in [0.25, 0.3) is 0 Å². The largest absolute Gasteiger partial charge is 0.350 e. The molecular weight excluding hydrogens is 188 g/mol. The molecule has 3 nitrogen and oxygen atoms in total. The third kappa shape index (κ3) is 4.65. The van der Waals surface area contributed by atoms with Crippen LogP contribution in [0.1, 0.15) is 46.5 Å². The smallest absolute Gasteiger partial charge is 0.234 e. The highest BCUT2D eigenvalue weighted by molar-refractivity contribution is 5.78. The summed E-state index contributed by atoms with van der Waals surface area (Å²) in [6.07, 6.45) is 4.98. The molecule has 0 spiro atoms. The molecule has 15 heavy (non-hydrogen) atoms. The first-order chi connectivity index (χ1) is 7.03. The van der Waals surface area contributed by atoms with E-state index in [9.17, 15) is 4.79 Å². The van der Waals surface area contributed by atoms with E-state index in [1.165, 1.54) is 19.3 Å². The maximum atomic E-state index is 11.5. The highest BCUT2D eigenvalue weighted by Crippen LogP contribution is 2.24. The molecule has 1 amide bonds. The first kappa shape index (κ1) is 12.5. The van der Waals surface area contributed by atoms with Crippen LogP contribution in [0.15, 0.2) is 0 Å². The Morgan fingerprint density at radius 1 is 1.40 bits per heavy atom. The van der Waals surface area contributed by atoms with Crippen molar-refractivity contribution in [3.8, 4) is 0 Å². The zero-order chi connectivity index (χ0) is 11.3. The fourth-order valence-corrected chi connectivity index (χ4v) is 1.60. The molecule has 1 aliphatic rings. The van der Waals surface area contributed by atoms with Crippen LogP contribution in [0.3, 0.4) is 0 Å². The Bertz CT molecular complexity index is 210. The molecule has 1 fully saturated rings. The van der Waals surface area contributed by atoms with Gasteiger partial charge in [-0.1, -0.05) is 13.3 Å². The molecule has 0 heterocycles. The molecule has 0 aromatic heterocycles. The maximum Gasteiger partial charge on any atom is 0.234 e. The van der Waals surface area contributed by atoms with Gasteiger partial charge in [0.25, 0.3) is 0 Å². The molecule has 88 valence electrons. The lowest BCUT2D eigenvalue weighted by molar-refractivity contribution is -0.121. The Morgan fingerprint density at radius 2 is 2.07 bits per heavy atom. The summed E-state index contributed by atoms with van der Waals surface area (Å²) < 4.78 is 0. The fraction of sp³-hybridized carbons (Fsp3) is 0.917. The number of hydrogen-bond donors (Lipinski definition) is 2. The molecule has 0 radical (unpaired) electrons. The van der Waals surface area contributed by atoms with E-state index in [2.05, 4.69) is 31.4 Å². The van der Waals surface area contributed by atoms with Gasteiger partial charge in [-0.3, -0.25) is 4.79 Å². The lowest BCUT2D eigenvalue weighted by Gasteiger charge is -2.27. The van der Waals surface area contributed by atoms with Gasteiger partial charge in [0, 0.05) is 5.54 Å². The first-order valence-corrected chi connectivity index (χ1v) is 6.05. The van der Waals surface area contributed by atoms with Crippen molar-refractivity contribution in [2.45, 2.75) is 52.0 Å². The third-order valence-electron chi connectivity index (χ3n) is 3.31. The highest BCUT2D eigenvalue weighted by Gasteiger charge is 2.19. The molecular formula is C12H24N2O. The molecule has 0 aliphatic heterocycles. The zero-order valence-electron chi connectivity index (χ0n) is 10.2. The van der Waals surface area contributed by atoms with Crippen LogP contribution in [0, 0.1) is 5.92 Å². The van der Waals surface area contributed by atoms with E-state index in [4.69, 9.17) is 0 Å². The van der Waals surface area contributed by atoms with Gasteiger partial charge < -0.3 is 10.6 Å². The van der Waals surface area contributed by atoms with Gasteiger partial charge in [0.2, 0.25) is 5.91 Å². The molecule has 1 saturated carbocycles. The summed E-state index contributed by atoms with van der Waals surface area (Å²) in [7, 11) is 0. The molecule has 0 atom stereocenters. The Kier molecular flexibility index (Phi) is 4.58. The standard InChI is InChI=1S/C12H24N2O/c1-4-12(2,3)14-11(15)9-13-8-10-6-5-7-10/h10,13H,4-9H2,1-3H3,(H,14,15). The summed E-state index contributed by atoms with van der Waals surface area (Å²) >= 11 is 0. The lowest BCUT2D eigenvalue weighted by Crippen LogP contribution is -2.47. The second kappa shape index (κ2) is 5.50. The van der Waals surface area contributed by atoms with E-state index in [-0.39, 0.29) is 11.4 Å². The molecule has 3 heteroatoms. The minimum Gasteiger partial charge on any atom is -0.350 e. The quantitative estimate of drug-likeness (QED) is 0.703. The van der Waals surface area contributed by atoms with Crippen LogP contribution in [0.2, 0.25) is 0 Å². The van der Waals surface area contributed by atoms with Crippen LogP contribution >= 0.6 is 0 Å². The molecule has 0 unspecified atom stereocenters. The zero-order valence-corrected chi connectivity index (χ0v) is 10.2. The van der Waals surface area contributed by atoms with E-state index in [0.717, 1.165) is 18.9 Å². The van der Waals surface area contributed by atoms with Gasteiger partial charge in [-0.15, -0.1) is 0 Å². The number of carbonyl (C=O) groups is 1. The van der Waals surface area contributed by atoms with Crippen molar-refractivity contribution in [2.75, 3.05) is 13.1 Å². The second-order valence-corrected chi connectivity index (χ2v) is 5.21. The summed E-state index contributed by atoms with van der Waals surface area (Å²) in [5.41, 5.74) is -0.0742. The number of nitrogens with one attached hydrogen (secondary N) is 2. The van der Waals surface area contributed by atoms with Gasteiger partial charge in [0.15, 0.2) is 0 Å². The number of amides is 1. The summed E-state index contributed by atoms with van der Waals surface area (Å²) in [5.74, 6) is 0.929. The van der Waals surface area contributed by atoms with E-state index in [0.29, 0.717) is 6.54 Å². The van der Waals surface area contributed by atoms with Crippen molar-refractivity contribution >= 4 is 5.91 Å². The predicted octanol–water partition coefficient (Wildman–Crippen LogP) is 1.68. The van der Waals surface area contributed by atoms with Gasteiger partial charge in [-0.25, -0.2) is 0 Å². The third-order valence-corrected chi connectivity index (χ3v) is 3.31. The highest BCUT2D eigenvalue weighted by atomic mass is 16.2. The Morgan fingerprint density at radius 3 is 2.53 bits per heavy atom. The second-order valence-electron chi connectivity index (χ2n) is 5.21. The van der Waals surface area contributed by atoms with Crippen molar-refractivity contribution in [3.63, 3.8) is 0 Å². The van der Waals surface area contributed by atoms with Crippen molar-refractivity contribution in [3.05, 3.63) is 0 Å². The van der Waals surface area contributed by atoms with E-state index < -0.39 is 0 Å². The fourth-order valence-electron chi connectivity index (χ4n) is 1.60. The lowest BCUT2D eigenvalue weighted by atomic mass is 9.85. The Hall–Kier alpha value is -0.570. The van der Waals surface area contributed by atoms with Crippen LogP contribution in [-0.2, 0) is 4.79 Å². The normalized spacial score (nSPS) is 17.3. The van der Waals surface area contributed by atoms with Gasteiger partial charge >= 0.3 is 0 Å². The minimum atomic E-state index is -0.0742. The minimum absolute atomic E-state index is 0.0742. The van der Waals surface area contributed by atoms with E-state index in [1.807, 2.05) is 0 Å². The van der Waals surface area contributed by atoms with E-state index in [1.54, 1.807) is 0 Å². The van der Waals surface area contributed by atoms with E-state index >= 15 is 0 Å². The molecule has 0 bridgehead atoms. The Balaban J connectivity index is 2.07. The summed E-state index contributed by atoms with van der Waals surface area (Å²) in [6, 6.07) is 0. The number of hydrogen-bond acceptors (Lipinski definition) is 2. The predicted molar refractivity (Wildman–Crippen MR) is 62.7 cm³/mol. The maximum absolute atomic E-state index is 11.5. The van der Waals surface area contributed by atoms with Crippen LogP contribution in [0.5, 0.6) is 0 Å².